The molecule has 1 saturated heterocycles. The molecule has 1 aliphatic rings. The molecule has 0 spiro atoms. The van der Waals surface area contributed by atoms with Gasteiger partial charge in [-0.25, -0.2) is 0 Å². The topological polar surface area (TPSA) is 56.7 Å². The second-order valence-electron chi connectivity index (χ2n) is 7.39. The average molecular weight is 438 g/mol. The lowest BCUT2D eigenvalue weighted by Crippen LogP contribution is -2.72. The molecule has 23 heavy (non-hydrogen) atoms. The number of halogens is 1. The lowest BCUT2D eigenvalue weighted by atomic mass is 9.65. The third-order valence-electron chi connectivity index (χ3n) is 5.10. The van der Waals surface area contributed by atoms with E-state index in [9.17, 15) is 4.79 Å². The number of nitrogens with zero attached hydrogens (tertiary/aromatic N) is 2. The number of guanidine groups is 1. The van der Waals surface area contributed by atoms with Gasteiger partial charge in [-0.15, -0.1) is 24.0 Å². The molecule has 1 heterocycles. The Morgan fingerprint density at radius 1 is 1.26 bits per heavy atom. The second-order valence-corrected chi connectivity index (χ2v) is 7.39. The van der Waals surface area contributed by atoms with Crippen LogP contribution in [-0.4, -0.2) is 48.0 Å². The quantitative estimate of drug-likeness (QED) is 0.381. The zero-order chi connectivity index (χ0) is 17.0. The van der Waals surface area contributed by atoms with Gasteiger partial charge in [-0.05, 0) is 34.1 Å². The number of amides is 1. The van der Waals surface area contributed by atoms with Crippen molar-refractivity contribution >= 4 is 35.8 Å². The van der Waals surface area contributed by atoms with Gasteiger partial charge in [-0.1, -0.05) is 20.8 Å². The maximum Gasteiger partial charge on any atom is 0.222 e. The average Bonchev–Trinajstić information content (AvgIpc) is 2.43. The molecular weight excluding hydrogens is 403 g/mol. The van der Waals surface area contributed by atoms with Crippen LogP contribution in [0.3, 0.4) is 0 Å². The summed E-state index contributed by atoms with van der Waals surface area (Å²) in [4.78, 5) is 18.8. The number of carbonyl (C=O) groups is 1. The highest BCUT2D eigenvalue weighted by Crippen LogP contribution is 2.46. The first-order valence-corrected chi connectivity index (χ1v) is 8.51. The minimum absolute atomic E-state index is 0. The van der Waals surface area contributed by atoms with Crippen molar-refractivity contribution in [1.82, 2.24) is 15.5 Å². The molecule has 0 saturated carbocycles. The summed E-state index contributed by atoms with van der Waals surface area (Å²) in [6.45, 7) is 17.6. The van der Waals surface area contributed by atoms with Crippen LogP contribution in [0.4, 0.5) is 0 Å². The third-order valence-corrected chi connectivity index (χ3v) is 5.10. The molecule has 1 rings (SSSR count). The molecule has 0 aliphatic carbocycles. The Kier molecular flexibility index (Phi) is 8.87. The number of rotatable bonds is 6. The van der Waals surface area contributed by atoms with Crippen LogP contribution in [0.1, 0.15) is 61.3 Å². The van der Waals surface area contributed by atoms with Gasteiger partial charge >= 0.3 is 0 Å². The number of hydrogen-bond acceptors (Lipinski definition) is 2. The van der Waals surface area contributed by atoms with E-state index in [2.05, 4.69) is 62.1 Å². The van der Waals surface area contributed by atoms with Crippen LogP contribution in [0.5, 0.6) is 0 Å². The SMILES string of the molecule is CCNC(=NCCC(=O)NC(C)CC)N1CC(C)(C)C1(C)C.I. The van der Waals surface area contributed by atoms with Gasteiger partial charge in [0.25, 0.3) is 0 Å². The highest BCUT2D eigenvalue weighted by molar-refractivity contribution is 14.0. The van der Waals surface area contributed by atoms with E-state index >= 15 is 0 Å². The maximum absolute atomic E-state index is 11.8. The summed E-state index contributed by atoms with van der Waals surface area (Å²) in [6.07, 6.45) is 1.39. The van der Waals surface area contributed by atoms with Crippen molar-refractivity contribution in [3.8, 4) is 0 Å². The zero-order valence-corrected chi connectivity index (χ0v) is 18.2. The fourth-order valence-electron chi connectivity index (χ4n) is 2.51. The summed E-state index contributed by atoms with van der Waals surface area (Å²) in [7, 11) is 0. The molecule has 1 fully saturated rings. The van der Waals surface area contributed by atoms with Crippen LogP contribution in [0.2, 0.25) is 0 Å². The third kappa shape index (κ3) is 5.50. The smallest absolute Gasteiger partial charge is 0.222 e. The molecule has 0 radical (unpaired) electrons. The van der Waals surface area contributed by atoms with Gasteiger partial charge in [-0.3, -0.25) is 9.79 Å². The summed E-state index contributed by atoms with van der Waals surface area (Å²) in [5, 5.41) is 6.33. The predicted molar refractivity (Wildman–Crippen MR) is 108 cm³/mol. The molecule has 1 atom stereocenters. The number of likely N-dealkylation sites (tertiary alicyclic amines) is 1. The van der Waals surface area contributed by atoms with Crippen molar-refractivity contribution in [2.75, 3.05) is 19.6 Å². The number of aliphatic imine (C=N–C) groups is 1. The highest BCUT2D eigenvalue weighted by Gasteiger charge is 2.53. The van der Waals surface area contributed by atoms with Gasteiger partial charge in [0.1, 0.15) is 0 Å². The normalized spacial score (nSPS) is 20.1. The molecule has 5 nitrogen and oxygen atoms in total. The molecule has 1 unspecified atom stereocenters. The Morgan fingerprint density at radius 3 is 2.30 bits per heavy atom. The van der Waals surface area contributed by atoms with Crippen molar-refractivity contribution in [3.05, 3.63) is 0 Å². The van der Waals surface area contributed by atoms with E-state index in [4.69, 9.17) is 0 Å². The molecule has 136 valence electrons. The lowest BCUT2D eigenvalue weighted by Gasteiger charge is -2.62. The van der Waals surface area contributed by atoms with Crippen LogP contribution in [0, 0.1) is 5.41 Å². The van der Waals surface area contributed by atoms with E-state index in [1.165, 1.54) is 0 Å². The fraction of sp³-hybridized carbons (Fsp3) is 0.882. The molecule has 6 heteroatoms. The molecular formula is C17H35IN4O. The minimum Gasteiger partial charge on any atom is -0.356 e. The molecule has 1 aliphatic heterocycles. The van der Waals surface area contributed by atoms with Gasteiger partial charge < -0.3 is 15.5 Å². The van der Waals surface area contributed by atoms with Gasteiger partial charge in [-0.2, -0.15) is 0 Å². The first-order chi connectivity index (χ1) is 10.2. The van der Waals surface area contributed by atoms with Crippen molar-refractivity contribution in [2.24, 2.45) is 10.4 Å². The number of nitrogens with one attached hydrogen (secondary N) is 2. The first-order valence-electron chi connectivity index (χ1n) is 8.51. The van der Waals surface area contributed by atoms with Crippen LogP contribution in [-0.2, 0) is 4.79 Å². The van der Waals surface area contributed by atoms with Crippen LogP contribution >= 0.6 is 24.0 Å². The fourth-order valence-corrected chi connectivity index (χ4v) is 2.51. The Labute approximate surface area is 159 Å². The van der Waals surface area contributed by atoms with Gasteiger partial charge in [0.2, 0.25) is 5.91 Å². The standard InChI is InChI=1S/C17H34N4O.HI/c1-8-13(3)20-14(22)10-11-19-15(18-9-2)21-12-16(4,5)17(21,6)7;/h13H,8-12H2,1-7H3,(H,18,19)(H,20,22);1H. The van der Waals surface area contributed by atoms with E-state index in [1.807, 2.05) is 6.92 Å². The Hall–Kier alpha value is -0.530. The van der Waals surface area contributed by atoms with Crippen molar-refractivity contribution in [1.29, 1.82) is 0 Å². The van der Waals surface area contributed by atoms with Crippen molar-refractivity contribution in [3.63, 3.8) is 0 Å². The summed E-state index contributed by atoms with van der Waals surface area (Å²) in [5.41, 5.74) is 0.351. The number of carbonyl (C=O) groups excluding carboxylic acids is 1. The lowest BCUT2D eigenvalue weighted by molar-refractivity contribution is -0.121. The van der Waals surface area contributed by atoms with E-state index < -0.39 is 0 Å². The second kappa shape index (κ2) is 9.08. The van der Waals surface area contributed by atoms with Gasteiger partial charge in [0, 0.05) is 36.5 Å². The molecule has 2 N–H and O–H groups in total. The molecule has 0 aromatic carbocycles. The van der Waals surface area contributed by atoms with Crippen LogP contribution in [0.15, 0.2) is 4.99 Å². The Balaban J connectivity index is 0.00000484. The monoisotopic (exact) mass is 438 g/mol. The summed E-state index contributed by atoms with van der Waals surface area (Å²) < 4.78 is 0. The molecule has 0 aromatic heterocycles. The van der Waals surface area contributed by atoms with Crippen molar-refractivity contribution < 1.29 is 4.79 Å². The molecule has 0 bridgehead atoms. The maximum atomic E-state index is 11.8. The van der Waals surface area contributed by atoms with Crippen molar-refractivity contribution in [2.45, 2.75) is 72.9 Å². The molecule has 1 amide bonds. The number of hydrogen-bond donors (Lipinski definition) is 2. The predicted octanol–water partition coefficient (Wildman–Crippen LogP) is 3.00. The van der Waals surface area contributed by atoms with Crippen LogP contribution < -0.4 is 10.6 Å². The minimum atomic E-state index is 0. The van der Waals surface area contributed by atoms with Gasteiger partial charge in [0.05, 0.1) is 6.54 Å². The van der Waals surface area contributed by atoms with Crippen LogP contribution in [0.25, 0.3) is 0 Å². The highest BCUT2D eigenvalue weighted by atomic mass is 127. The summed E-state index contributed by atoms with van der Waals surface area (Å²) >= 11 is 0. The summed E-state index contributed by atoms with van der Waals surface area (Å²) in [5.74, 6) is 1.00. The van der Waals surface area contributed by atoms with E-state index in [0.29, 0.717) is 13.0 Å². The van der Waals surface area contributed by atoms with E-state index in [1.54, 1.807) is 0 Å². The van der Waals surface area contributed by atoms with Gasteiger partial charge in [0.15, 0.2) is 5.96 Å². The zero-order valence-electron chi connectivity index (χ0n) is 15.8. The Bertz CT molecular complexity index is 421. The van der Waals surface area contributed by atoms with E-state index in [-0.39, 0.29) is 46.9 Å². The van der Waals surface area contributed by atoms with E-state index in [0.717, 1.165) is 25.5 Å². The Morgan fingerprint density at radius 2 is 1.87 bits per heavy atom. The largest absolute Gasteiger partial charge is 0.356 e. The first kappa shape index (κ1) is 22.5. The molecule has 0 aromatic rings. The summed E-state index contributed by atoms with van der Waals surface area (Å²) in [6, 6.07) is 0.236.